The van der Waals surface area contributed by atoms with Crippen molar-refractivity contribution in [1.29, 1.82) is 0 Å². The smallest absolute Gasteiger partial charge is 0.109 e. The molecule has 0 heterocycles. The minimum absolute atomic E-state index is 0.614. The summed E-state index contributed by atoms with van der Waals surface area (Å²) in [6, 6.07) is 11.5. The van der Waals surface area contributed by atoms with Crippen LogP contribution in [0.25, 0.3) is 0 Å². The first kappa shape index (κ1) is 11.7. The van der Waals surface area contributed by atoms with Crippen molar-refractivity contribution in [3.8, 4) is 0 Å². The molecule has 0 bridgehead atoms. The standard InChI is InChI=1S/C15H23N/c1-13(15-10-6-3-7-11-15)16-12-14-8-4-2-5-9-14/h3,6-7,10-11,13-14,16H,2,4-5,8-9,12H2,1H3/p+1/t13-/m0/s1. The van der Waals surface area contributed by atoms with E-state index in [0.29, 0.717) is 6.04 Å². The van der Waals surface area contributed by atoms with Crippen molar-refractivity contribution in [1.82, 2.24) is 0 Å². The van der Waals surface area contributed by atoms with Gasteiger partial charge < -0.3 is 5.32 Å². The average Bonchev–Trinajstić information content (AvgIpc) is 2.38. The molecule has 88 valence electrons. The average molecular weight is 218 g/mol. The molecule has 0 spiro atoms. The Labute approximate surface area is 99.3 Å². The Morgan fingerprint density at radius 3 is 2.50 bits per heavy atom. The summed E-state index contributed by atoms with van der Waals surface area (Å²) in [7, 11) is 0. The summed E-state index contributed by atoms with van der Waals surface area (Å²) in [6.07, 6.45) is 7.29. The maximum atomic E-state index is 2.52. The zero-order valence-electron chi connectivity index (χ0n) is 10.4. The van der Waals surface area contributed by atoms with Crippen LogP contribution in [0.3, 0.4) is 0 Å². The molecule has 16 heavy (non-hydrogen) atoms. The zero-order valence-corrected chi connectivity index (χ0v) is 10.4. The van der Waals surface area contributed by atoms with Gasteiger partial charge in [-0.05, 0) is 19.8 Å². The summed E-state index contributed by atoms with van der Waals surface area (Å²) in [4.78, 5) is 0. The highest BCUT2D eigenvalue weighted by Gasteiger charge is 2.16. The predicted molar refractivity (Wildman–Crippen MR) is 68.2 cm³/mol. The number of nitrogens with two attached hydrogens (primary N) is 1. The van der Waals surface area contributed by atoms with Crippen molar-refractivity contribution in [3.05, 3.63) is 35.9 Å². The Bertz CT molecular complexity index is 288. The molecule has 0 aromatic heterocycles. The lowest BCUT2D eigenvalue weighted by Crippen LogP contribution is -2.86. The Hall–Kier alpha value is -0.820. The van der Waals surface area contributed by atoms with Crippen LogP contribution in [0, 0.1) is 5.92 Å². The van der Waals surface area contributed by atoms with Gasteiger partial charge in [-0.2, -0.15) is 0 Å². The molecule has 1 heteroatoms. The van der Waals surface area contributed by atoms with E-state index in [1.165, 1.54) is 44.2 Å². The molecular formula is C15H24N+. The van der Waals surface area contributed by atoms with Crippen LogP contribution in [0.2, 0.25) is 0 Å². The highest BCUT2D eigenvalue weighted by molar-refractivity contribution is 5.16. The second kappa shape index (κ2) is 6.05. The van der Waals surface area contributed by atoms with Crippen LogP contribution in [0.5, 0.6) is 0 Å². The Morgan fingerprint density at radius 2 is 1.81 bits per heavy atom. The molecule has 0 aliphatic heterocycles. The normalized spacial score (nSPS) is 19.6. The van der Waals surface area contributed by atoms with Crippen molar-refractivity contribution in [2.45, 2.75) is 45.1 Å². The molecule has 0 unspecified atom stereocenters. The van der Waals surface area contributed by atoms with E-state index >= 15 is 0 Å². The highest BCUT2D eigenvalue weighted by atomic mass is 14.9. The Kier molecular flexibility index (Phi) is 4.41. The molecule has 1 aliphatic rings. The molecule has 2 N–H and O–H groups in total. The quantitative estimate of drug-likeness (QED) is 0.800. The molecule has 0 saturated heterocycles. The number of benzene rings is 1. The van der Waals surface area contributed by atoms with Crippen molar-refractivity contribution in [2.24, 2.45) is 5.92 Å². The van der Waals surface area contributed by atoms with Crippen molar-refractivity contribution in [3.63, 3.8) is 0 Å². The summed E-state index contributed by atoms with van der Waals surface area (Å²) < 4.78 is 0. The first-order chi connectivity index (χ1) is 7.86. The summed E-state index contributed by atoms with van der Waals surface area (Å²) in [5, 5.41) is 2.52. The number of rotatable bonds is 4. The minimum Gasteiger partial charge on any atom is -0.340 e. The maximum Gasteiger partial charge on any atom is 0.109 e. The number of hydrogen-bond acceptors (Lipinski definition) is 0. The Balaban J connectivity index is 1.77. The van der Waals surface area contributed by atoms with Gasteiger partial charge in [0.15, 0.2) is 0 Å². The third-order valence-corrected chi connectivity index (χ3v) is 3.87. The second-order valence-electron chi connectivity index (χ2n) is 5.17. The van der Waals surface area contributed by atoms with Gasteiger partial charge in [-0.15, -0.1) is 0 Å². The van der Waals surface area contributed by atoms with Crippen LogP contribution in [0.4, 0.5) is 0 Å². The van der Waals surface area contributed by atoms with E-state index in [4.69, 9.17) is 0 Å². The van der Waals surface area contributed by atoms with E-state index in [0.717, 1.165) is 5.92 Å². The second-order valence-corrected chi connectivity index (χ2v) is 5.17. The fourth-order valence-electron chi connectivity index (χ4n) is 2.71. The van der Waals surface area contributed by atoms with Gasteiger partial charge in [0.1, 0.15) is 6.04 Å². The number of hydrogen-bond donors (Lipinski definition) is 1. The van der Waals surface area contributed by atoms with Crippen LogP contribution in [0.1, 0.15) is 50.6 Å². The summed E-state index contributed by atoms with van der Waals surface area (Å²) >= 11 is 0. The van der Waals surface area contributed by atoms with Crippen LogP contribution in [-0.2, 0) is 0 Å². The van der Waals surface area contributed by atoms with Gasteiger partial charge in [-0.1, -0.05) is 49.6 Å². The van der Waals surface area contributed by atoms with E-state index in [2.05, 4.69) is 42.6 Å². The monoisotopic (exact) mass is 218 g/mol. The molecule has 1 saturated carbocycles. The predicted octanol–water partition coefficient (Wildman–Crippen LogP) is 2.89. The molecule has 1 fully saturated rings. The summed E-state index contributed by atoms with van der Waals surface area (Å²) in [5.41, 5.74) is 1.46. The summed E-state index contributed by atoms with van der Waals surface area (Å²) in [6.45, 7) is 3.63. The van der Waals surface area contributed by atoms with E-state index in [-0.39, 0.29) is 0 Å². The first-order valence-electron chi connectivity index (χ1n) is 6.74. The van der Waals surface area contributed by atoms with Gasteiger partial charge in [0, 0.05) is 11.5 Å². The van der Waals surface area contributed by atoms with Crippen LogP contribution in [0.15, 0.2) is 30.3 Å². The van der Waals surface area contributed by atoms with Crippen molar-refractivity contribution in [2.75, 3.05) is 6.54 Å². The molecule has 0 amide bonds. The largest absolute Gasteiger partial charge is 0.340 e. The molecule has 1 atom stereocenters. The minimum atomic E-state index is 0.614. The fourth-order valence-corrected chi connectivity index (χ4v) is 2.71. The molecule has 1 aliphatic carbocycles. The Morgan fingerprint density at radius 1 is 1.12 bits per heavy atom. The van der Waals surface area contributed by atoms with E-state index < -0.39 is 0 Å². The fraction of sp³-hybridized carbons (Fsp3) is 0.600. The van der Waals surface area contributed by atoms with Crippen molar-refractivity contribution >= 4 is 0 Å². The summed E-state index contributed by atoms with van der Waals surface area (Å²) in [5.74, 6) is 0.972. The molecule has 2 rings (SSSR count). The highest BCUT2D eigenvalue weighted by Crippen LogP contribution is 2.22. The van der Waals surface area contributed by atoms with Gasteiger partial charge in [0.2, 0.25) is 0 Å². The first-order valence-corrected chi connectivity index (χ1v) is 6.74. The van der Waals surface area contributed by atoms with Gasteiger partial charge >= 0.3 is 0 Å². The lowest BCUT2D eigenvalue weighted by molar-refractivity contribution is -0.698. The van der Waals surface area contributed by atoms with E-state index in [9.17, 15) is 0 Å². The van der Waals surface area contributed by atoms with Crippen LogP contribution >= 0.6 is 0 Å². The lowest BCUT2D eigenvalue weighted by atomic mass is 9.89. The molecule has 1 aromatic carbocycles. The molecular weight excluding hydrogens is 194 g/mol. The third-order valence-electron chi connectivity index (χ3n) is 3.87. The zero-order chi connectivity index (χ0) is 11.2. The van der Waals surface area contributed by atoms with Gasteiger partial charge in [-0.3, -0.25) is 0 Å². The van der Waals surface area contributed by atoms with Crippen LogP contribution < -0.4 is 5.32 Å². The van der Waals surface area contributed by atoms with Gasteiger partial charge in [0.25, 0.3) is 0 Å². The van der Waals surface area contributed by atoms with E-state index in [1.54, 1.807) is 0 Å². The van der Waals surface area contributed by atoms with E-state index in [1.807, 2.05) is 0 Å². The topological polar surface area (TPSA) is 16.6 Å². The molecule has 0 radical (unpaired) electrons. The van der Waals surface area contributed by atoms with Crippen LogP contribution in [-0.4, -0.2) is 6.54 Å². The third kappa shape index (κ3) is 3.34. The number of quaternary nitrogens is 1. The molecule has 1 nitrogen and oxygen atoms in total. The van der Waals surface area contributed by atoms with Gasteiger partial charge in [0.05, 0.1) is 6.54 Å². The van der Waals surface area contributed by atoms with Gasteiger partial charge in [-0.25, -0.2) is 0 Å². The SMILES string of the molecule is C[C@H]([NH2+]CC1CCCCC1)c1ccccc1. The molecule has 1 aromatic rings. The lowest BCUT2D eigenvalue weighted by Gasteiger charge is -2.21. The van der Waals surface area contributed by atoms with Crippen molar-refractivity contribution < 1.29 is 5.32 Å². The maximum absolute atomic E-state index is 2.52.